The topological polar surface area (TPSA) is 32.3 Å². The van der Waals surface area contributed by atoms with Crippen LogP contribution in [0.2, 0.25) is 0 Å². The number of fused-ring (bicyclic) bond motifs is 1. The third-order valence-corrected chi connectivity index (χ3v) is 2.08. The highest BCUT2D eigenvalue weighted by molar-refractivity contribution is 5.61. The lowest BCUT2D eigenvalue weighted by atomic mass is 10.1. The van der Waals surface area contributed by atoms with Crippen molar-refractivity contribution in [1.82, 2.24) is 0 Å². The third-order valence-electron chi connectivity index (χ3n) is 2.08. The van der Waals surface area contributed by atoms with Crippen LogP contribution in [0.25, 0.3) is 0 Å². The van der Waals surface area contributed by atoms with Gasteiger partial charge in [0.1, 0.15) is 6.23 Å². The SMILES string of the molecule is Cc1cccc2c1NC(O)C2. The largest absolute Gasteiger partial charge is 0.373 e. The van der Waals surface area contributed by atoms with Gasteiger partial charge in [-0.2, -0.15) is 0 Å². The van der Waals surface area contributed by atoms with Crippen LogP contribution in [-0.4, -0.2) is 11.3 Å². The highest BCUT2D eigenvalue weighted by atomic mass is 16.3. The van der Waals surface area contributed by atoms with Crippen molar-refractivity contribution in [3.05, 3.63) is 29.3 Å². The molecule has 2 N–H and O–H groups in total. The number of benzene rings is 1. The van der Waals surface area contributed by atoms with Gasteiger partial charge in [0.2, 0.25) is 0 Å². The van der Waals surface area contributed by atoms with Gasteiger partial charge in [-0.3, -0.25) is 0 Å². The van der Waals surface area contributed by atoms with E-state index in [2.05, 4.69) is 5.32 Å². The van der Waals surface area contributed by atoms with E-state index in [1.54, 1.807) is 0 Å². The van der Waals surface area contributed by atoms with Crippen LogP contribution in [0, 0.1) is 6.92 Å². The van der Waals surface area contributed by atoms with E-state index in [-0.39, 0.29) is 6.23 Å². The maximum absolute atomic E-state index is 9.26. The van der Waals surface area contributed by atoms with E-state index in [1.165, 1.54) is 11.1 Å². The second kappa shape index (κ2) is 2.24. The highest BCUT2D eigenvalue weighted by Gasteiger charge is 2.18. The van der Waals surface area contributed by atoms with E-state index in [9.17, 15) is 5.11 Å². The Hall–Kier alpha value is -1.02. The maximum atomic E-state index is 9.26. The molecule has 0 aliphatic carbocycles. The Balaban J connectivity index is 2.49. The van der Waals surface area contributed by atoms with Gasteiger partial charge in [0.15, 0.2) is 0 Å². The molecule has 58 valence electrons. The third kappa shape index (κ3) is 0.994. The summed E-state index contributed by atoms with van der Waals surface area (Å²) in [5, 5.41) is 12.3. The van der Waals surface area contributed by atoms with Gasteiger partial charge in [0.05, 0.1) is 0 Å². The molecule has 0 amide bonds. The molecule has 0 spiro atoms. The summed E-state index contributed by atoms with van der Waals surface area (Å²) in [4.78, 5) is 0. The fraction of sp³-hybridized carbons (Fsp3) is 0.333. The number of para-hydroxylation sites is 1. The second-order valence-electron chi connectivity index (χ2n) is 2.97. The molecule has 11 heavy (non-hydrogen) atoms. The van der Waals surface area contributed by atoms with Crippen LogP contribution in [0.5, 0.6) is 0 Å². The fourth-order valence-corrected chi connectivity index (χ4v) is 1.53. The first-order chi connectivity index (χ1) is 5.27. The van der Waals surface area contributed by atoms with Crippen LogP contribution in [-0.2, 0) is 6.42 Å². The maximum Gasteiger partial charge on any atom is 0.128 e. The minimum Gasteiger partial charge on any atom is -0.373 e. The van der Waals surface area contributed by atoms with E-state index >= 15 is 0 Å². The van der Waals surface area contributed by atoms with E-state index in [1.807, 2.05) is 25.1 Å². The summed E-state index contributed by atoms with van der Waals surface area (Å²) in [6.07, 6.45) is 0.350. The van der Waals surface area contributed by atoms with Gasteiger partial charge in [-0.1, -0.05) is 18.2 Å². The second-order valence-corrected chi connectivity index (χ2v) is 2.97. The minimum absolute atomic E-state index is 0.383. The Labute approximate surface area is 65.9 Å². The van der Waals surface area contributed by atoms with Crippen LogP contribution in [0.4, 0.5) is 5.69 Å². The molecule has 0 saturated carbocycles. The summed E-state index contributed by atoms with van der Waals surface area (Å²) >= 11 is 0. The predicted molar refractivity (Wildman–Crippen MR) is 44.5 cm³/mol. The normalized spacial score (nSPS) is 21.1. The molecule has 0 aromatic heterocycles. The molecule has 1 aromatic carbocycles. The van der Waals surface area contributed by atoms with Crippen LogP contribution < -0.4 is 5.32 Å². The summed E-state index contributed by atoms with van der Waals surface area (Å²) in [6, 6.07) is 6.11. The molecule has 0 bridgehead atoms. The van der Waals surface area contributed by atoms with Crippen LogP contribution >= 0.6 is 0 Å². The Bertz CT molecular complexity index is 283. The first-order valence-corrected chi connectivity index (χ1v) is 3.80. The first kappa shape index (κ1) is 6.68. The average Bonchev–Trinajstić information content (AvgIpc) is 2.31. The number of nitrogens with one attached hydrogen (secondary N) is 1. The molecule has 2 nitrogen and oxygen atoms in total. The quantitative estimate of drug-likeness (QED) is 0.582. The molecule has 1 aliphatic heterocycles. The molecule has 1 heterocycles. The number of hydrogen-bond donors (Lipinski definition) is 2. The number of anilines is 1. The molecule has 1 aromatic rings. The zero-order valence-corrected chi connectivity index (χ0v) is 6.46. The predicted octanol–water partition coefficient (Wildman–Crippen LogP) is 1.28. The van der Waals surface area contributed by atoms with Gasteiger partial charge < -0.3 is 10.4 Å². The van der Waals surface area contributed by atoms with Crippen molar-refractivity contribution in [2.75, 3.05) is 5.32 Å². The molecular formula is C9H11NO. The van der Waals surface area contributed by atoms with E-state index < -0.39 is 0 Å². The monoisotopic (exact) mass is 149 g/mol. The van der Waals surface area contributed by atoms with Crippen LogP contribution in [0.3, 0.4) is 0 Å². The number of hydrogen-bond acceptors (Lipinski definition) is 2. The number of aliphatic hydroxyl groups is 1. The Morgan fingerprint density at radius 1 is 1.55 bits per heavy atom. The number of aryl methyl sites for hydroxylation is 1. The molecular weight excluding hydrogens is 138 g/mol. The summed E-state index contributed by atoms with van der Waals surface area (Å²) < 4.78 is 0. The van der Waals surface area contributed by atoms with Crippen molar-refractivity contribution in [2.45, 2.75) is 19.6 Å². The van der Waals surface area contributed by atoms with E-state index in [4.69, 9.17) is 0 Å². The molecule has 0 radical (unpaired) electrons. The van der Waals surface area contributed by atoms with Crippen molar-refractivity contribution in [3.8, 4) is 0 Å². The zero-order chi connectivity index (χ0) is 7.84. The Morgan fingerprint density at radius 3 is 3.09 bits per heavy atom. The van der Waals surface area contributed by atoms with Gasteiger partial charge in [0.25, 0.3) is 0 Å². The molecule has 2 heteroatoms. The van der Waals surface area contributed by atoms with Crippen molar-refractivity contribution in [3.63, 3.8) is 0 Å². The molecule has 0 fully saturated rings. The minimum atomic E-state index is -0.383. The zero-order valence-electron chi connectivity index (χ0n) is 6.46. The summed E-state index contributed by atoms with van der Waals surface area (Å²) in [7, 11) is 0. The smallest absolute Gasteiger partial charge is 0.128 e. The molecule has 0 saturated heterocycles. The molecule has 2 rings (SSSR count). The lowest BCUT2D eigenvalue weighted by Gasteiger charge is -2.04. The van der Waals surface area contributed by atoms with Gasteiger partial charge in [-0.25, -0.2) is 0 Å². The van der Waals surface area contributed by atoms with E-state index in [0.29, 0.717) is 0 Å². The summed E-state index contributed by atoms with van der Waals surface area (Å²) in [6.45, 7) is 2.05. The molecule has 1 aliphatic rings. The highest BCUT2D eigenvalue weighted by Crippen LogP contribution is 2.27. The van der Waals surface area contributed by atoms with Gasteiger partial charge >= 0.3 is 0 Å². The summed E-state index contributed by atoms with van der Waals surface area (Å²) in [5.74, 6) is 0. The van der Waals surface area contributed by atoms with Crippen LogP contribution in [0.15, 0.2) is 18.2 Å². The van der Waals surface area contributed by atoms with Crippen molar-refractivity contribution < 1.29 is 5.11 Å². The standard InChI is InChI=1S/C9H11NO/c1-6-3-2-4-7-5-8(11)10-9(6)7/h2-4,8,10-11H,5H2,1H3. The average molecular weight is 149 g/mol. The molecule has 1 unspecified atom stereocenters. The van der Waals surface area contributed by atoms with Crippen LogP contribution in [0.1, 0.15) is 11.1 Å². The number of rotatable bonds is 0. The summed E-state index contributed by atoms with van der Waals surface area (Å²) in [5.41, 5.74) is 3.54. The lowest BCUT2D eigenvalue weighted by Crippen LogP contribution is -2.13. The lowest BCUT2D eigenvalue weighted by molar-refractivity contribution is 0.212. The van der Waals surface area contributed by atoms with Gasteiger partial charge in [0, 0.05) is 12.1 Å². The van der Waals surface area contributed by atoms with E-state index in [0.717, 1.165) is 12.1 Å². The Morgan fingerprint density at radius 2 is 2.36 bits per heavy atom. The molecule has 1 atom stereocenters. The van der Waals surface area contributed by atoms with Gasteiger partial charge in [-0.15, -0.1) is 0 Å². The first-order valence-electron chi connectivity index (χ1n) is 3.80. The van der Waals surface area contributed by atoms with Crippen molar-refractivity contribution in [2.24, 2.45) is 0 Å². The Kier molecular flexibility index (Phi) is 1.36. The number of aliphatic hydroxyl groups excluding tert-OH is 1. The van der Waals surface area contributed by atoms with Gasteiger partial charge in [-0.05, 0) is 18.1 Å². The fourth-order valence-electron chi connectivity index (χ4n) is 1.53. The van der Waals surface area contributed by atoms with Crippen molar-refractivity contribution in [1.29, 1.82) is 0 Å². The van der Waals surface area contributed by atoms with Crippen molar-refractivity contribution >= 4 is 5.69 Å².